The largest absolute Gasteiger partial charge is 0.744 e. The maximum atomic E-state index is 11.9. The molecular weight excluding hydrogens is 669 g/mol. The highest BCUT2D eigenvalue weighted by Gasteiger charge is 2.40. The van der Waals surface area contributed by atoms with Crippen molar-refractivity contribution in [2.24, 2.45) is 0 Å². The van der Waals surface area contributed by atoms with Gasteiger partial charge in [-0.3, -0.25) is 4.79 Å². The fraction of sp³-hybridized carbons (Fsp3) is 0.450. The molecule has 0 bridgehead atoms. The molecule has 3 aliphatic rings. The summed E-state index contributed by atoms with van der Waals surface area (Å²) >= 11 is 0. The van der Waals surface area contributed by atoms with Crippen molar-refractivity contribution in [2.75, 3.05) is 52.0 Å². The highest BCUT2D eigenvalue weighted by Crippen LogP contribution is 2.48. The summed E-state index contributed by atoms with van der Waals surface area (Å²) < 4.78 is 55.0. The number of hydrogen-bond donors (Lipinski definition) is 1. The van der Waals surface area contributed by atoms with Gasteiger partial charge in [0.1, 0.15) is 34.9 Å². The lowest BCUT2D eigenvalue weighted by Crippen LogP contribution is -2.35. The Kier molecular flexibility index (Phi) is 13.2. The van der Waals surface area contributed by atoms with E-state index in [2.05, 4.69) is 60.6 Å². The van der Waals surface area contributed by atoms with E-state index in [1.165, 1.54) is 12.1 Å². The van der Waals surface area contributed by atoms with Crippen LogP contribution in [-0.2, 0) is 35.2 Å². The van der Waals surface area contributed by atoms with Crippen LogP contribution in [0.25, 0.3) is 17.4 Å². The van der Waals surface area contributed by atoms with Gasteiger partial charge in [-0.2, -0.15) is 0 Å². The molecule has 0 saturated carbocycles. The summed E-state index contributed by atoms with van der Waals surface area (Å²) in [5.74, 6) is 0.837. The van der Waals surface area contributed by atoms with E-state index < -0.39 is 21.5 Å². The molecule has 2 heterocycles. The molecule has 0 radical (unpaired) electrons. The third-order valence-corrected chi connectivity index (χ3v) is 10.0. The number of ether oxygens (including phenoxy) is 2. The van der Waals surface area contributed by atoms with Gasteiger partial charge in [-0.1, -0.05) is 65.3 Å². The molecule has 10 nitrogen and oxygen atoms in total. The van der Waals surface area contributed by atoms with Gasteiger partial charge in [-0.05, 0) is 60.4 Å². The number of fused-ring (bicyclic) bond motifs is 2. The van der Waals surface area contributed by atoms with Gasteiger partial charge in [-0.25, -0.2) is 13.0 Å². The zero-order chi connectivity index (χ0) is 37.4. The topological polar surface area (TPSA) is 132 Å². The summed E-state index contributed by atoms with van der Waals surface area (Å²) in [6.45, 7) is 13.7. The minimum atomic E-state index is -4.62. The molecule has 0 unspecified atom stereocenters. The van der Waals surface area contributed by atoms with Crippen LogP contribution in [0, 0.1) is 0 Å². The van der Waals surface area contributed by atoms with Gasteiger partial charge >= 0.3 is 5.97 Å². The Labute approximate surface area is 302 Å². The lowest BCUT2D eigenvalue weighted by atomic mass is 9.83. The molecule has 1 aliphatic carbocycles. The molecule has 0 fully saturated rings. The molecule has 4 rings (SSSR count). The number of anilines is 1. The van der Waals surface area contributed by atoms with E-state index in [4.69, 9.17) is 19.0 Å². The molecule has 11 heteroatoms. The average molecular weight is 721 g/mol. The quantitative estimate of drug-likeness (QED) is 0.0758. The molecule has 2 aliphatic heterocycles. The second-order valence-corrected chi connectivity index (χ2v) is 15.8. The number of allylic oxidation sites excluding steroid dienone is 5. The predicted molar refractivity (Wildman–Crippen MR) is 200 cm³/mol. The first kappa shape index (κ1) is 39.8. The predicted octanol–water partition coefficient (Wildman–Crippen LogP) is 6.55. The zero-order valence-corrected chi connectivity index (χ0v) is 31.7. The number of aliphatic carboxylic acids is 1. The molecule has 0 atom stereocenters. The Hall–Kier alpha value is -4.03. The van der Waals surface area contributed by atoms with Crippen molar-refractivity contribution in [3.8, 4) is 11.3 Å². The van der Waals surface area contributed by atoms with Gasteiger partial charge in [0.05, 0.1) is 11.0 Å². The van der Waals surface area contributed by atoms with Crippen LogP contribution in [0.3, 0.4) is 0 Å². The number of benzene rings is 2. The van der Waals surface area contributed by atoms with Crippen molar-refractivity contribution in [1.29, 1.82) is 0 Å². The van der Waals surface area contributed by atoms with E-state index in [0.29, 0.717) is 26.2 Å². The minimum Gasteiger partial charge on any atom is -0.744 e. The number of hydrogen-bond acceptors (Lipinski definition) is 8. The van der Waals surface area contributed by atoms with Gasteiger partial charge < -0.3 is 28.5 Å². The Bertz CT molecular complexity index is 1920. The van der Waals surface area contributed by atoms with E-state index in [9.17, 15) is 17.8 Å². The van der Waals surface area contributed by atoms with Gasteiger partial charge in [0.25, 0.3) is 0 Å². The lowest BCUT2D eigenvalue weighted by molar-refractivity contribution is -0.137. The van der Waals surface area contributed by atoms with Crippen LogP contribution >= 0.6 is 0 Å². The van der Waals surface area contributed by atoms with Crippen LogP contribution < -0.4 is 14.8 Å². The van der Waals surface area contributed by atoms with Crippen LogP contribution in [0.4, 0.5) is 5.69 Å². The van der Waals surface area contributed by atoms with Crippen molar-refractivity contribution >= 4 is 27.9 Å². The summed E-state index contributed by atoms with van der Waals surface area (Å²) in [5, 5.41) is 10.1. The monoisotopic (exact) mass is 720 g/mol. The van der Waals surface area contributed by atoms with E-state index >= 15 is 0 Å². The second-order valence-electron chi connectivity index (χ2n) is 14.4. The number of unbranched alkanes of at least 4 members (excludes halogenated alkanes) is 2. The molecule has 1 aromatic carbocycles. The van der Waals surface area contributed by atoms with Crippen molar-refractivity contribution in [1.82, 2.24) is 4.58 Å². The maximum Gasteiger partial charge on any atom is 0.303 e. The number of nitrogens with zero attached hydrogens (tertiary/aromatic N) is 2. The number of methoxy groups -OCH3 is 2. The summed E-state index contributed by atoms with van der Waals surface area (Å²) in [5.41, 5.74) is 3.77. The minimum absolute atomic E-state index is 0.120. The van der Waals surface area contributed by atoms with Gasteiger partial charge in [0.15, 0.2) is 13.1 Å². The Balaban J connectivity index is 1.69. The fourth-order valence-electron chi connectivity index (χ4n) is 6.32. The normalized spacial score (nSPS) is 15.5. The summed E-state index contributed by atoms with van der Waals surface area (Å²) in [7, 11) is -1.23. The average Bonchev–Trinajstić information content (AvgIpc) is 3.27. The highest BCUT2D eigenvalue weighted by molar-refractivity contribution is 7.85. The molecule has 1 N–H and O–H groups in total. The van der Waals surface area contributed by atoms with Crippen LogP contribution in [0.2, 0.25) is 0 Å². The molecule has 0 saturated heterocycles. The molecular formula is C40H52N2O8S. The number of carbonyl (C=O) groups is 1. The maximum absolute atomic E-state index is 11.9. The molecule has 276 valence electrons. The van der Waals surface area contributed by atoms with Crippen LogP contribution in [0.1, 0.15) is 77.2 Å². The van der Waals surface area contributed by atoms with Gasteiger partial charge in [-0.15, -0.1) is 0 Å². The van der Waals surface area contributed by atoms with Gasteiger partial charge in [0, 0.05) is 61.0 Å². The zero-order valence-electron chi connectivity index (χ0n) is 30.9. The Morgan fingerprint density at radius 1 is 0.980 bits per heavy atom. The smallest absolute Gasteiger partial charge is 0.303 e. The molecule has 1 aromatic rings. The molecule has 0 aromatic heterocycles. The first-order valence-corrected chi connectivity index (χ1v) is 18.8. The van der Waals surface area contributed by atoms with Crippen molar-refractivity contribution in [3.63, 3.8) is 0 Å². The van der Waals surface area contributed by atoms with Crippen LogP contribution in [-0.4, -0.2) is 71.1 Å². The summed E-state index contributed by atoms with van der Waals surface area (Å²) in [4.78, 5) is 12.9. The van der Waals surface area contributed by atoms with Crippen molar-refractivity contribution < 1.29 is 36.8 Å². The van der Waals surface area contributed by atoms with Gasteiger partial charge in [0.2, 0.25) is 5.36 Å². The number of carboxylic acids is 1. The first-order valence-electron chi connectivity index (χ1n) is 17.4. The number of carboxylic acid groups (broad SMARTS) is 1. The van der Waals surface area contributed by atoms with Crippen molar-refractivity contribution in [2.45, 2.75) is 76.0 Å². The first-order chi connectivity index (χ1) is 24.1. The van der Waals surface area contributed by atoms with Crippen LogP contribution in [0.5, 0.6) is 0 Å². The van der Waals surface area contributed by atoms with Crippen LogP contribution in [0.15, 0.2) is 81.8 Å². The van der Waals surface area contributed by atoms with E-state index in [0.717, 1.165) is 70.9 Å². The fourth-order valence-corrected chi connectivity index (χ4v) is 6.82. The van der Waals surface area contributed by atoms with E-state index in [-0.39, 0.29) is 16.7 Å². The number of rotatable bonds is 16. The lowest BCUT2D eigenvalue weighted by Gasteiger charge is -2.27. The van der Waals surface area contributed by atoms with E-state index in [1.54, 1.807) is 20.3 Å². The third kappa shape index (κ3) is 10.1. The Morgan fingerprint density at radius 3 is 2.31 bits per heavy atom. The molecule has 0 spiro atoms. The standard InChI is InChI=1S/C40H52N2O8S/c1-39(2,3)37-26-29(32-19-17-30(27-35(32)50-37)41(22-24-48-6)23-25-49-7)14-10-8-11-15-36-40(4,5)33-28-31(51(45,46)47)18-20-34(33)42(36)21-13-9-12-16-38(43)44/h8,10-11,14-15,17-20,26-28H,9,12-13,16,21-25H2,1-7H3,(H-,43,44,45,46,47). The SMILES string of the molecule is COCC[N+](CCOC)=c1ccc2c(/C=C/C=C/C=C3/N(CCCCCC(=O)O)c4ccc(S(=O)(=O)[O-])cc4C3(C)C)cc(C(C)(C)C)oc-2c1. The molecule has 0 amide bonds. The molecule has 51 heavy (non-hydrogen) atoms. The van der Waals surface area contributed by atoms with Crippen molar-refractivity contribution in [3.05, 3.63) is 94.7 Å². The summed E-state index contributed by atoms with van der Waals surface area (Å²) in [6.07, 6.45) is 12.2. The second kappa shape index (κ2) is 17.0. The Morgan fingerprint density at radius 2 is 1.69 bits per heavy atom. The highest BCUT2D eigenvalue weighted by atomic mass is 32.2. The summed E-state index contributed by atoms with van der Waals surface area (Å²) in [6, 6.07) is 12.9. The third-order valence-electron chi connectivity index (χ3n) is 9.19. The van der Waals surface area contributed by atoms with E-state index in [1.807, 2.05) is 38.2 Å².